The van der Waals surface area contributed by atoms with Gasteiger partial charge in [0, 0.05) is 32.1 Å². The maximum atomic E-state index is 5.97. The molecule has 0 aromatic heterocycles. The fourth-order valence-corrected chi connectivity index (χ4v) is 3.86. The van der Waals surface area contributed by atoms with E-state index >= 15 is 0 Å². The van der Waals surface area contributed by atoms with Gasteiger partial charge in [0.15, 0.2) is 5.96 Å². The molecule has 0 spiro atoms. The lowest BCUT2D eigenvalue weighted by Crippen LogP contribution is -2.40. The number of guanidine groups is 1. The molecular formula is C25H36IN3O3. The van der Waals surface area contributed by atoms with E-state index in [9.17, 15) is 0 Å². The molecule has 2 aromatic rings. The molecule has 0 saturated carbocycles. The number of hydrogen-bond acceptors (Lipinski definition) is 4. The molecule has 1 aliphatic rings. The second-order valence-corrected chi connectivity index (χ2v) is 7.76. The lowest BCUT2D eigenvalue weighted by Gasteiger charge is -2.22. The van der Waals surface area contributed by atoms with E-state index in [1.54, 1.807) is 14.2 Å². The van der Waals surface area contributed by atoms with Gasteiger partial charge in [-0.15, -0.1) is 24.0 Å². The van der Waals surface area contributed by atoms with Crippen LogP contribution in [0.15, 0.2) is 53.5 Å². The lowest BCUT2D eigenvalue weighted by molar-refractivity contribution is 0.0907. The Kier molecular flexibility index (Phi) is 11.7. The van der Waals surface area contributed by atoms with E-state index in [-0.39, 0.29) is 24.0 Å². The molecule has 1 atom stereocenters. The van der Waals surface area contributed by atoms with Crippen molar-refractivity contribution in [3.8, 4) is 11.5 Å². The molecule has 0 amide bonds. The Morgan fingerprint density at radius 2 is 1.94 bits per heavy atom. The van der Waals surface area contributed by atoms with E-state index in [0.717, 1.165) is 62.1 Å². The molecule has 7 heteroatoms. The summed E-state index contributed by atoms with van der Waals surface area (Å²) < 4.78 is 16.8. The van der Waals surface area contributed by atoms with Crippen LogP contribution >= 0.6 is 24.0 Å². The third kappa shape index (κ3) is 7.85. The zero-order valence-electron chi connectivity index (χ0n) is 19.4. The number of likely N-dealkylation sites (tertiary alicyclic amines) is 1. The van der Waals surface area contributed by atoms with Crippen molar-refractivity contribution in [1.82, 2.24) is 10.2 Å². The molecule has 1 unspecified atom stereocenters. The molecule has 32 heavy (non-hydrogen) atoms. The summed E-state index contributed by atoms with van der Waals surface area (Å²) >= 11 is 0. The van der Waals surface area contributed by atoms with Crippen LogP contribution in [0.2, 0.25) is 0 Å². The summed E-state index contributed by atoms with van der Waals surface area (Å²) in [4.78, 5) is 7.23. The number of methoxy groups -OCH3 is 2. The van der Waals surface area contributed by atoms with Gasteiger partial charge in [-0.25, -0.2) is 0 Å². The van der Waals surface area contributed by atoms with Crippen molar-refractivity contribution in [3.05, 3.63) is 59.7 Å². The molecule has 1 aliphatic heterocycles. The van der Waals surface area contributed by atoms with Crippen LogP contribution in [-0.2, 0) is 17.8 Å². The number of benzene rings is 2. The smallest absolute Gasteiger partial charge is 0.193 e. The Labute approximate surface area is 209 Å². The summed E-state index contributed by atoms with van der Waals surface area (Å²) in [5, 5.41) is 3.44. The minimum atomic E-state index is 0. The number of halogens is 1. The average Bonchev–Trinajstić information content (AvgIpc) is 3.28. The van der Waals surface area contributed by atoms with E-state index in [0.29, 0.717) is 19.1 Å². The Bertz CT molecular complexity index is 832. The lowest BCUT2D eigenvalue weighted by atomic mass is 10.1. The molecule has 3 rings (SSSR count). The predicted octanol–water partition coefficient (Wildman–Crippen LogP) is 4.37. The quantitative estimate of drug-likeness (QED) is 0.269. The molecule has 1 N–H and O–H groups in total. The number of hydrogen-bond donors (Lipinski definition) is 1. The molecule has 2 aromatic carbocycles. The zero-order valence-corrected chi connectivity index (χ0v) is 21.7. The van der Waals surface area contributed by atoms with Crippen LogP contribution in [0.5, 0.6) is 11.5 Å². The van der Waals surface area contributed by atoms with Gasteiger partial charge in [0.25, 0.3) is 0 Å². The van der Waals surface area contributed by atoms with E-state index in [2.05, 4.69) is 41.4 Å². The number of rotatable bonds is 10. The first kappa shape index (κ1) is 26.3. The number of nitrogens with zero attached hydrogens (tertiary/aromatic N) is 2. The number of ether oxygens (including phenoxy) is 3. The molecule has 1 fully saturated rings. The molecule has 6 nitrogen and oxygen atoms in total. The normalized spacial score (nSPS) is 15.9. The van der Waals surface area contributed by atoms with Crippen molar-refractivity contribution in [2.75, 3.05) is 47.0 Å². The van der Waals surface area contributed by atoms with Gasteiger partial charge in [-0.3, -0.25) is 4.99 Å². The summed E-state index contributed by atoms with van der Waals surface area (Å²) in [7, 11) is 3.38. The van der Waals surface area contributed by atoms with Crippen LogP contribution in [0.4, 0.5) is 0 Å². The standard InChI is InChI=1S/C25H35N3O3.HI/c1-4-26-25(27-14-12-22-16-23(29-2)10-11-24(22)30-3)28-15-13-21(17-28)19-31-18-20-8-6-5-7-9-20;/h5-11,16,21H,4,12-15,17-19H2,1-3H3,(H,26,27);1H. The maximum Gasteiger partial charge on any atom is 0.193 e. The fraction of sp³-hybridized carbons (Fsp3) is 0.480. The SMILES string of the molecule is CCNC(=NCCc1cc(OC)ccc1OC)N1CCC(COCc2ccccc2)C1.I. The van der Waals surface area contributed by atoms with Crippen LogP contribution in [0.1, 0.15) is 24.5 Å². The van der Waals surface area contributed by atoms with Crippen molar-refractivity contribution in [3.63, 3.8) is 0 Å². The average molecular weight is 553 g/mol. The molecule has 176 valence electrons. The summed E-state index contributed by atoms with van der Waals surface area (Å²) in [6, 6.07) is 16.2. The fourth-order valence-electron chi connectivity index (χ4n) is 3.86. The topological polar surface area (TPSA) is 55.3 Å². The van der Waals surface area contributed by atoms with Crippen LogP contribution < -0.4 is 14.8 Å². The van der Waals surface area contributed by atoms with Crippen molar-refractivity contribution in [2.45, 2.75) is 26.4 Å². The highest BCUT2D eigenvalue weighted by Crippen LogP contribution is 2.24. The van der Waals surface area contributed by atoms with Crippen molar-refractivity contribution < 1.29 is 14.2 Å². The van der Waals surface area contributed by atoms with Gasteiger partial charge in [-0.1, -0.05) is 30.3 Å². The van der Waals surface area contributed by atoms with E-state index in [4.69, 9.17) is 19.2 Å². The van der Waals surface area contributed by atoms with Crippen molar-refractivity contribution in [2.24, 2.45) is 10.9 Å². The second kappa shape index (κ2) is 14.2. The van der Waals surface area contributed by atoms with Gasteiger partial charge in [-0.2, -0.15) is 0 Å². The van der Waals surface area contributed by atoms with Crippen molar-refractivity contribution in [1.29, 1.82) is 0 Å². The highest BCUT2D eigenvalue weighted by molar-refractivity contribution is 14.0. The van der Waals surface area contributed by atoms with Gasteiger partial charge in [0.2, 0.25) is 0 Å². The summed E-state index contributed by atoms with van der Waals surface area (Å²) in [6.07, 6.45) is 1.93. The Balaban J connectivity index is 0.00000363. The molecule has 0 bridgehead atoms. The summed E-state index contributed by atoms with van der Waals surface area (Å²) in [6.45, 7) is 7.10. The van der Waals surface area contributed by atoms with Crippen LogP contribution in [0.3, 0.4) is 0 Å². The van der Waals surface area contributed by atoms with Gasteiger partial charge in [0.1, 0.15) is 11.5 Å². The predicted molar refractivity (Wildman–Crippen MR) is 140 cm³/mol. The number of aliphatic imine (C=N–C) groups is 1. The molecular weight excluding hydrogens is 517 g/mol. The Hall–Kier alpha value is -2.00. The number of nitrogens with one attached hydrogen (secondary N) is 1. The highest BCUT2D eigenvalue weighted by Gasteiger charge is 2.25. The van der Waals surface area contributed by atoms with Crippen LogP contribution in [0, 0.1) is 5.92 Å². The van der Waals surface area contributed by atoms with Gasteiger partial charge in [0.05, 0.1) is 27.4 Å². The highest BCUT2D eigenvalue weighted by atomic mass is 127. The third-order valence-corrected chi connectivity index (χ3v) is 5.52. The first-order chi connectivity index (χ1) is 15.2. The van der Waals surface area contributed by atoms with Gasteiger partial charge in [-0.05, 0) is 49.1 Å². The van der Waals surface area contributed by atoms with Crippen molar-refractivity contribution >= 4 is 29.9 Å². The van der Waals surface area contributed by atoms with Crippen LogP contribution in [-0.4, -0.2) is 57.9 Å². The summed E-state index contributed by atoms with van der Waals surface area (Å²) in [5.74, 6) is 3.23. The van der Waals surface area contributed by atoms with Gasteiger partial charge < -0.3 is 24.4 Å². The molecule has 0 aliphatic carbocycles. The van der Waals surface area contributed by atoms with E-state index in [1.807, 2.05) is 24.3 Å². The molecule has 0 radical (unpaired) electrons. The minimum Gasteiger partial charge on any atom is -0.497 e. The molecule has 1 heterocycles. The Morgan fingerprint density at radius 3 is 2.66 bits per heavy atom. The summed E-state index contributed by atoms with van der Waals surface area (Å²) in [5.41, 5.74) is 2.33. The van der Waals surface area contributed by atoms with Crippen LogP contribution in [0.25, 0.3) is 0 Å². The Morgan fingerprint density at radius 1 is 1.12 bits per heavy atom. The monoisotopic (exact) mass is 553 g/mol. The van der Waals surface area contributed by atoms with E-state index in [1.165, 1.54) is 5.56 Å². The largest absolute Gasteiger partial charge is 0.497 e. The minimum absolute atomic E-state index is 0. The maximum absolute atomic E-state index is 5.97. The first-order valence-corrected chi connectivity index (χ1v) is 11.1. The van der Waals surface area contributed by atoms with Gasteiger partial charge >= 0.3 is 0 Å². The van der Waals surface area contributed by atoms with E-state index < -0.39 is 0 Å². The second-order valence-electron chi connectivity index (χ2n) is 7.76. The zero-order chi connectivity index (χ0) is 21.9. The molecule has 1 saturated heterocycles. The third-order valence-electron chi connectivity index (χ3n) is 5.52. The first-order valence-electron chi connectivity index (χ1n) is 11.1.